The second-order valence-corrected chi connectivity index (χ2v) is 6.22. The second kappa shape index (κ2) is 6.91. The van der Waals surface area contributed by atoms with Crippen molar-refractivity contribution in [3.05, 3.63) is 52.8 Å². The fourth-order valence-corrected chi connectivity index (χ4v) is 3.43. The van der Waals surface area contributed by atoms with Gasteiger partial charge in [0.25, 0.3) is 0 Å². The van der Waals surface area contributed by atoms with E-state index in [1.165, 1.54) is 23.4 Å². The molecule has 1 aromatic carbocycles. The van der Waals surface area contributed by atoms with Crippen LogP contribution in [-0.2, 0) is 6.42 Å². The number of aryl methyl sites for hydroxylation is 2. The highest BCUT2D eigenvalue weighted by Crippen LogP contribution is 2.35. The normalized spacial score (nSPS) is 16.3. The van der Waals surface area contributed by atoms with Gasteiger partial charge in [-0.2, -0.15) is 0 Å². The van der Waals surface area contributed by atoms with Gasteiger partial charge >= 0.3 is 5.97 Å². The molecule has 126 valence electrons. The molecule has 5 heteroatoms. The zero-order valence-corrected chi connectivity index (χ0v) is 14.0. The maximum atomic E-state index is 11.3. The van der Waals surface area contributed by atoms with E-state index in [0.717, 1.165) is 30.6 Å². The number of pyridine rings is 1. The molecule has 0 spiro atoms. The predicted molar refractivity (Wildman–Crippen MR) is 93.1 cm³/mol. The second-order valence-electron chi connectivity index (χ2n) is 6.22. The van der Waals surface area contributed by atoms with E-state index in [0.29, 0.717) is 18.2 Å². The summed E-state index contributed by atoms with van der Waals surface area (Å²) in [6, 6.07) is 5.87. The van der Waals surface area contributed by atoms with Gasteiger partial charge in [0, 0.05) is 18.7 Å². The van der Waals surface area contributed by atoms with Crippen LogP contribution < -0.4 is 10.1 Å². The number of anilines is 1. The van der Waals surface area contributed by atoms with Crippen molar-refractivity contribution in [2.24, 2.45) is 0 Å². The van der Waals surface area contributed by atoms with E-state index in [9.17, 15) is 9.90 Å². The van der Waals surface area contributed by atoms with Crippen LogP contribution in [0.25, 0.3) is 0 Å². The van der Waals surface area contributed by atoms with Crippen molar-refractivity contribution < 1.29 is 14.6 Å². The van der Waals surface area contributed by atoms with E-state index in [-0.39, 0.29) is 5.56 Å². The Hall–Kier alpha value is -2.56. The molecule has 2 aromatic rings. The van der Waals surface area contributed by atoms with Gasteiger partial charge in [0.2, 0.25) is 0 Å². The minimum absolute atomic E-state index is 0.256. The lowest BCUT2D eigenvalue weighted by Crippen LogP contribution is -2.19. The Morgan fingerprint density at radius 1 is 1.46 bits per heavy atom. The van der Waals surface area contributed by atoms with Gasteiger partial charge in [-0.15, -0.1) is 0 Å². The standard InChI is InChI=1S/C19H22N2O3/c1-12-8-16-13(9-18(12)24-2)4-3-5-14(16)10-21-17-11-20-7-6-15(17)19(22)23/h6-9,11,14,21H,3-5,10H2,1-2H3,(H,22,23). The van der Waals surface area contributed by atoms with E-state index >= 15 is 0 Å². The number of aromatic carboxylic acids is 1. The minimum atomic E-state index is -0.940. The van der Waals surface area contributed by atoms with E-state index < -0.39 is 5.97 Å². The first-order valence-electron chi connectivity index (χ1n) is 8.18. The van der Waals surface area contributed by atoms with Crippen molar-refractivity contribution in [2.45, 2.75) is 32.1 Å². The van der Waals surface area contributed by atoms with Crippen molar-refractivity contribution in [1.29, 1.82) is 0 Å². The van der Waals surface area contributed by atoms with Crippen LogP contribution in [0.4, 0.5) is 5.69 Å². The summed E-state index contributed by atoms with van der Waals surface area (Å²) >= 11 is 0. The molecule has 24 heavy (non-hydrogen) atoms. The Kier molecular flexibility index (Phi) is 4.69. The summed E-state index contributed by atoms with van der Waals surface area (Å²) in [7, 11) is 1.70. The summed E-state index contributed by atoms with van der Waals surface area (Å²) in [4.78, 5) is 15.3. The number of carbonyl (C=O) groups is 1. The van der Waals surface area contributed by atoms with Crippen LogP contribution in [0.2, 0.25) is 0 Å². The first-order valence-corrected chi connectivity index (χ1v) is 8.18. The molecule has 5 nitrogen and oxygen atoms in total. The number of aromatic nitrogens is 1. The molecule has 0 radical (unpaired) electrons. The molecular weight excluding hydrogens is 304 g/mol. The summed E-state index contributed by atoms with van der Waals surface area (Å²) in [5.41, 5.74) is 4.64. The van der Waals surface area contributed by atoms with Gasteiger partial charge in [-0.05, 0) is 55.0 Å². The van der Waals surface area contributed by atoms with Gasteiger partial charge in [0.15, 0.2) is 0 Å². The highest BCUT2D eigenvalue weighted by molar-refractivity contribution is 5.93. The average Bonchev–Trinajstić information content (AvgIpc) is 2.59. The Bertz CT molecular complexity index is 758. The molecule has 0 bridgehead atoms. The highest BCUT2D eigenvalue weighted by atomic mass is 16.5. The molecule has 0 saturated carbocycles. The van der Waals surface area contributed by atoms with Crippen molar-refractivity contribution >= 4 is 11.7 Å². The van der Waals surface area contributed by atoms with Gasteiger partial charge in [0.05, 0.1) is 24.6 Å². The van der Waals surface area contributed by atoms with Crippen LogP contribution in [0, 0.1) is 6.92 Å². The Morgan fingerprint density at radius 3 is 3.04 bits per heavy atom. The topological polar surface area (TPSA) is 71.5 Å². The maximum Gasteiger partial charge on any atom is 0.337 e. The molecule has 0 aliphatic heterocycles. The molecule has 2 N–H and O–H groups in total. The number of benzene rings is 1. The molecule has 1 aliphatic carbocycles. The zero-order valence-electron chi connectivity index (χ0n) is 14.0. The highest BCUT2D eigenvalue weighted by Gasteiger charge is 2.22. The Balaban J connectivity index is 1.81. The Morgan fingerprint density at radius 2 is 2.29 bits per heavy atom. The molecule has 0 saturated heterocycles. The number of carboxylic acids is 1. The van der Waals surface area contributed by atoms with E-state index in [2.05, 4.69) is 29.4 Å². The monoisotopic (exact) mass is 326 g/mol. The number of carboxylic acid groups (broad SMARTS) is 1. The molecular formula is C19H22N2O3. The molecule has 1 atom stereocenters. The first kappa shape index (κ1) is 16.3. The van der Waals surface area contributed by atoms with Gasteiger partial charge in [-0.25, -0.2) is 4.79 Å². The quantitative estimate of drug-likeness (QED) is 0.878. The minimum Gasteiger partial charge on any atom is -0.496 e. The lowest BCUT2D eigenvalue weighted by molar-refractivity contribution is 0.0698. The molecule has 0 amide bonds. The fraction of sp³-hybridized carbons (Fsp3) is 0.368. The largest absolute Gasteiger partial charge is 0.496 e. The van der Waals surface area contributed by atoms with Crippen LogP contribution in [0.15, 0.2) is 30.6 Å². The lowest BCUT2D eigenvalue weighted by Gasteiger charge is -2.27. The van der Waals surface area contributed by atoms with Crippen LogP contribution in [0.1, 0.15) is 45.8 Å². The van der Waals surface area contributed by atoms with Gasteiger partial charge in [-0.3, -0.25) is 4.98 Å². The summed E-state index contributed by atoms with van der Waals surface area (Å²) in [5.74, 6) is 0.354. The fourth-order valence-electron chi connectivity index (χ4n) is 3.43. The summed E-state index contributed by atoms with van der Waals surface area (Å²) in [5, 5.41) is 12.6. The zero-order chi connectivity index (χ0) is 17.1. The first-order chi connectivity index (χ1) is 11.6. The molecule has 0 fully saturated rings. The van der Waals surface area contributed by atoms with Crippen LogP contribution in [0.5, 0.6) is 5.75 Å². The van der Waals surface area contributed by atoms with E-state index in [4.69, 9.17) is 4.74 Å². The van der Waals surface area contributed by atoms with Gasteiger partial charge in [-0.1, -0.05) is 6.07 Å². The molecule has 1 aromatic heterocycles. The summed E-state index contributed by atoms with van der Waals surface area (Å²) in [6.45, 7) is 2.76. The SMILES string of the molecule is COc1cc2c(cc1C)C(CNc1cnccc1C(=O)O)CCC2. The number of nitrogens with zero attached hydrogens (tertiary/aromatic N) is 1. The van der Waals surface area contributed by atoms with Crippen molar-refractivity contribution in [3.63, 3.8) is 0 Å². The van der Waals surface area contributed by atoms with Crippen molar-refractivity contribution in [1.82, 2.24) is 4.98 Å². The van der Waals surface area contributed by atoms with Crippen LogP contribution >= 0.6 is 0 Å². The molecule has 1 heterocycles. The summed E-state index contributed by atoms with van der Waals surface area (Å²) < 4.78 is 5.43. The number of rotatable bonds is 5. The number of fused-ring (bicyclic) bond motifs is 1. The van der Waals surface area contributed by atoms with E-state index in [1.54, 1.807) is 13.3 Å². The van der Waals surface area contributed by atoms with Crippen molar-refractivity contribution in [3.8, 4) is 5.75 Å². The maximum absolute atomic E-state index is 11.3. The Labute approximate surface area is 141 Å². The van der Waals surface area contributed by atoms with Crippen LogP contribution in [-0.4, -0.2) is 29.7 Å². The third kappa shape index (κ3) is 3.20. The third-order valence-corrected chi connectivity index (χ3v) is 4.69. The number of hydrogen-bond acceptors (Lipinski definition) is 4. The third-order valence-electron chi connectivity index (χ3n) is 4.69. The number of methoxy groups -OCH3 is 1. The average molecular weight is 326 g/mol. The smallest absolute Gasteiger partial charge is 0.337 e. The molecule has 3 rings (SSSR count). The van der Waals surface area contributed by atoms with Crippen LogP contribution in [0.3, 0.4) is 0 Å². The molecule has 1 unspecified atom stereocenters. The van der Waals surface area contributed by atoms with Crippen molar-refractivity contribution in [2.75, 3.05) is 19.0 Å². The molecule has 1 aliphatic rings. The van der Waals surface area contributed by atoms with Gasteiger partial charge < -0.3 is 15.2 Å². The number of hydrogen-bond donors (Lipinski definition) is 2. The number of ether oxygens (including phenoxy) is 1. The van der Waals surface area contributed by atoms with Gasteiger partial charge in [0.1, 0.15) is 5.75 Å². The summed E-state index contributed by atoms with van der Waals surface area (Å²) in [6.07, 6.45) is 6.36. The van der Waals surface area contributed by atoms with E-state index in [1.807, 2.05) is 0 Å². The lowest BCUT2D eigenvalue weighted by atomic mass is 9.81. The predicted octanol–water partition coefficient (Wildman–Crippen LogP) is 3.63. The number of nitrogens with one attached hydrogen (secondary N) is 1.